The summed E-state index contributed by atoms with van der Waals surface area (Å²) < 4.78 is 13.8. The van der Waals surface area contributed by atoms with Gasteiger partial charge in [0.2, 0.25) is 0 Å². The van der Waals surface area contributed by atoms with E-state index in [0.29, 0.717) is 22.9 Å². The molecule has 2 nitrogen and oxygen atoms in total. The van der Waals surface area contributed by atoms with Crippen LogP contribution in [0.25, 0.3) is 0 Å². The molecular formula is C15H13BrFNO. The molecule has 0 aliphatic rings. The molecule has 2 rings (SSSR count). The van der Waals surface area contributed by atoms with Gasteiger partial charge in [0.05, 0.1) is 0 Å². The fourth-order valence-corrected chi connectivity index (χ4v) is 2.36. The molecule has 0 atom stereocenters. The molecule has 1 heterocycles. The minimum Gasteiger partial charge on any atom is -0.299 e. The van der Waals surface area contributed by atoms with E-state index in [1.54, 1.807) is 12.3 Å². The summed E-state index contributed by atoms with van der Waals surface area (Å²) >= 11 is 3.22. The standard InChI is InChI=1S/C15H13BrFNO/c16-12-7-11(8-13(17)10-12)9-15(19)5-4-14-3-1-2-6-18-14/h1-3,6-8,10H,4-5,9H2. The second kappa shape index (κ2) is 6.57. The van der Waals surface area contributed by atoms with Gasteiger partial charge in [-0.3, -0.25) is 9.78 Å². The third-order valence-corrected chi connectivity index (χ3v) is 3.17. The van der Waals surface area contributed by atoms with E-state index in [-0.39, 0.29) is 18.0 Å². The summed E-state index contributed by atoms with van der Waals surface area (Å²) in [5, 5.41) is 0. The van der Waals surface area contributed by atoms with Crippen molar-refractivity contribution in [3.63, 3.8) is 0 Å². The van der Waals surface area contributed by atoms with Crippen molar-refractivity contribution in [2.75, 3.05) is 0 Å². The molecule has 0 saturated carbocycles. The number of aryl methyl sites for hydroxylation is 1. The minimum absolute atomic E-state index is 0.0863. The number of pyridine rings is 1. The number of aromatic nitrogens is 1. The third kappa shape index (κ3) is 4.56. The van der Waals surface area contributed by atoms with Crippen LogP contribution in [0.4, 0.5) is 4.39 Å². The number of ketones is 1. The smallest absolute Gasteiger partial charge is 0.137 e. The van der Waals surface area contributed by atoms with Gasteiger partial charge in [-0.05, 0) is 42.3 Å². The predicted octanol–water partition coefficient (Wildman–Crippen LogP) is 3.73. The van der Waals surface area contributed by atoms with Crippen molar-refractivity contribution in [1.29, 1.82) is 0 Å². The SMILES string of the molecule is O=C(CCc1ccccn1)Cc1cc(F)cc(Br)c1. The highest BCUT2D eigenvalue weighted by Crippen LogP contribution is 2.16. The van der Waals surface area contributed by atoms with E-state index < -0.39 is 0 Å². The van der Waals surface area contributed by atoms with Gasteiger partial charge >= 0.3 is 0 Å². The van der Waals surface area contributed by atoms with Crippen molar-refractivity contribution in [2.24, 2.45) is 0 Å². The van der Waals surface area contributed by atoms with Gasteiger partial charge < -0.3 is 0 Å². The first-order valence-electron chi connectivity index (χ1n) is 6.00. The largest absolute Gasteiger partial charge is 0.299 e. The number of hydrogen-bond donors (Lipinski definition) is 0. The molecule has 0 radical (unpaired) electrons. The van der Waals surface area contributed by atoms with E-state index in [0.717, 1.165) is 5.69 Å². The van der Waals surface area contributed by atoms with E-state index in [4.69, 9.17) is 0 Å². The summed E-state index contributed by atoms with van der Waals surface area (Å²) in [5.74, 6) is -0.245. The molecule has 0 saturated heterocycles. The minimum atomic E-state index is -0.332. The van der Waals surface area contributed by atoms with Crippen LogP contribution in [0, 0.1) is 5.82 Å². The Morgan fingerprint density at radius 3 is 2.79 bits per heavy atom. The molecule has 98 valence electrons. The predicted molar refractivity (Wildman–Crippen MR) is 75.4 cm³/mol. The number of hydrogen-bond acceptors (Lipinski definition) is 2. The van der Waals surface area contributed by atoms with E-state index in [1.165, 1.54) is 12.1 Å². The van der Waals surface area contributed by atoms with Crippen molar-refractivity contribution in [1.82, 2.24) is 4.98 Å². The monoisotopic (exact) mass is 321 g/mol. The molecule has 0 aliphatic carbocycles. The lowest BCUT2D eigenvalue weighted by atomic mass is 10.0. The Balaban J connectivity index is 1.91. The van der Waals surface area contributed by atoms with Crippen LogP contribution in [0.2, 0.25) is 0 Å². The quantitative estimate of drug-likeness (QED) is 0.840. The summed E-state index contributed by atoms with van der Waals surface area (Å²) in [5.41, 5.74) is 1.59. The van der Waals surface area contributed by atoms with Crippen LogP contribution in [0.3, 0.4) is 0 Å². The number of benzene rings is 1. The molecule has 0 spiro atoms. The lowest BCUT2D eigenvalue weighted by Gasteiger charge is -2.03. The van der Waals surface area contributed by atoms with Gasteiger partial charge in [-0.1, -0.05) is 22.0 Å². The zero-order valence-electron chi connectivity index (χ0n) is 10.3. The van der Waals surface area contributed by atoms with Crippen molar-refractivity contribution in [2.45, 2.75) is 19.3 Å². The van der Waals surface area contributed by atoms with Crippen LogP contribution in [0.15, 0.2) is 47.1 Å². The Kier molecular flexibility index (Phi) is 4.80. The average Bonchev–Trinajstić information content (AvgIpc) is 2.36. The molecule has 0 unspecified atom stereocenters. The lowest BCUT2D eigenvalue weighted by molar-refractivity contribution is -0.118. The summed E-state index contributed by atoms with van der Waals surface area (Å²) in [6.07, 6.45) is 3.01. The van der Waals surface area contributed by atoms with Crippen molar-refractivity contribution in [3.8, 4) is 0 Å². The Morgan fingerprint density at radius 1 is 1.26 bits per heavy atom. The second-order valence-electron chi connectivity index (χ2n) is 4.31. The maximum Gasteiger partial charge on any atom is 0.137 e. The van der Waals surface area contributed by atoms with Crippen LogP contribution in [0.1, 0.15) is 17.7 Å². The normalized spacial score (nSPS) is 10.4. The Labute approximate surface area is 119 Å². The maximum absolute atomic E-state index is 13.2. The van der Waals surface area contributed by atoms with Gasteiger partial charge in [-0.15, -0.1) is 0 Å². The molecule has 0 amide bonds. The Bertz CT molecular complexity index is 551. The summed E-state index contributed by atoms with van der Waals surface area (Å²) in [4.78, 5) is 16.0. The van der Waals surface area contributed by atoms with Crippen LogP contribution in [0.5, 0.6) is 0 Å². The zero-order valence-corrected chi connectivity index (χ0v) is 11.9. The molecule has 4 heteroatoms. The highest BCUT2D eigenvalue weighted by molar-refractivity contribution is 9.10. The second-order valence-corrected chi connectivity index (χ2v) is 5.23. The molecule has 0 N–H and O–H groups in total. The highest BCUT2D eigenvalue weighted by atomic mass is 79.9. The van der Waals surface area contributed by atoms with Gasteiger partial charge in [0.25, 0.3) is 0 Å². The first kappa shape index (κ1) is 13.9. The van der Waals surface area contributed by atoms with E-state index in [9.17, 15) is 9.18 Å². The van der Waals surface area contributed by atoms with Gasteiger partial charge in [0.1, 0.15) is 11.6 Å². The number of halogens is 2. The molecule has 1 aromatic heterocycles. The van der Waals surface area contributed by atoms with Crippen LogP contribution in [-0.4, -0.2) is 10.8 Å². The highest BCUT2D eigenvalue weighted by Gasteiger charge is 2.07. The molecule has 0 bridgehead atoms. The van der Waals surface area contributed by atoms with Crippen molar-refractivity contribution < 1.29 is 9.18 Å². The number of nitrogens with zero attached hydrogens (tertiary/aromatic N) is 1. The number of rotatable bonds is 5. The molecule has 0 fully saturated rings. The Hall–Kier alpha value is -1.55. The first-order valence-corrected chi connectivity index (χ1v) is 6.79. The topological polar surface area (TPSA) is 30.0 Å². The molecule has 1 aromatic carbocycles. The fraction of sp³-hybridized carbons (Fsp3) is 0.200. The lowest BCUT2D eigenvalue weighted by Crippen LogP contribution is -2.05. The number of carbonyl (C=O) groups excluding carboxylic acids is 1. The third-order valence-electron chi connectivity index (χ3n) is 2.71. The van der Waals surface area contributed by atoms with Crippen LogP contribution in [-0.2, 0) is 17.6 Å². The van der Waals surface area contributed by atoms with Gasteiger partial charge in [-0.25, -0.2) is 4.39 Å². The molecule has 19 heavy (non-hydrogen) atoms. The van der Waals surface area contributed by atoms with E-state index in [2.05, 4.69) is 20.9 Å². The zero-order chi connectivity index (χ0) is 13.7. The summed E-state index contributed by atoms with van der Waals surface area (Å²) in [7, 11) is 0. The van der Waals surface area contributed by atoms with E-state index in [1.807, 2.05) is 18.2 Å². The van der Waals surface area contributed by atoms with Crippen LogP contribution >= 0.6 is 15.9 Å². The van der Waals surface area contributed by atoms with Gasteiger partial charge in [0.15, 0.2) is 0 Å². The average molecular weight is 322 g/mol. The van der Waals surface area contributed by atoms with E-state index >= 15 is 0 Å². The molecule has 2 aromatic rings. The number of carbonyl (C=O) groups is 1. The van der Waals surface area contributed by atoms with Gasteiger partial charge in [0, 0.05) is 29.2 Å². The van der Waals surface area contributed by atoms with Crippen molar-refractivity contribution >= 4 is 21.7 Å². The molecular weight excluding hydrogens is 309 g/mol. The van der Waals surface area contributed by atoms with Gasteiger partial charge in [-0.2, -0.15) is 0 Å². The fourth-order valence-electron chi connectivity index (χ4n) is 1.84. The Morgan fingerprint density at radius 2 is 2.11 bits per heavy atom. The number of Topliss-reactive ketones (excluding diaryl/α,β-unsaturated/α-hetero) is 1. The summed E-state index contributed by atoms with van der Waals surface area (Å²) in [6, 6.07) is 10.2. The van der Waals surface area contributed by atoms with Crippen LogP contribution < -0.4 is 0 Å². The maximum atomic E-state index is 13.2. The van der Waals surface area contributed by atoms with Crippen molar-refractivity contribution in [3.05, 3.63) is 64.1 Å². The first-order chi connectivity index (χ1) is 9.13. The molecule has 0 aliphatic heterocycles. The summed E-state index contributed by atoms with van der Waals surface area (Å²) in [6.45, 7) is 0.